The first-order valence-electron chi connectivity index (χ1n) is 7.02. The number of aryl methyl sites for hydroxylation is 1. The number of amides is 1. The van der Waals surface area contributed by atoms with E-state index < -0.39 is 0 Å². The Balaban J connectivity index is 1.83. The molecule has 2 N–H and O–H groups in total. The van der Waals surface area contributed by atoms with Crippen LogP contribution in [0.4, 0.5) is 0 Å². The lowest BCUT2D eigenvalue weighted by atomic mass is 10.2. The fourth-order valence-electron chi connectivity index (χ4n) is 2.35. The van der Waals surface area contributed by atoms with Crippen molar-refractivity contribution in [1.29, 1.82) is 0 Å². The molecule has 2 heterocycles. The summed E-state index contributed by atoms with van der Waals surface area (Å²) in [6.07, 6.45) is 2.60. The van der Waals surface area contributed by atoms with Gasteiger partial charge in [-0.2, -0.15) is 0 Å². The van der Waals surface area contributed by atoms with Crippen molar-refractivity contribution in [3.8, 4) is 0 Å². The number of nitrogens with one attached hydrogen (secondary N) is 2. The van der Waals surface area contributed by atoms with Crippen molar-refractivity contribution in [3.63, 3.8) is 0 Å². The van der Waals surface area contributed by atoms with Gasteiger partial charge in [-0.3, -0.25) is 4.79 Å². The van der Waals surface area contributed by atoms with Gasteiger partial charge in [-0.15, -0.1) is 10.2 Å². The molecule has 106 valence electrons. The van der Waals surface area contributed by atoms with Gasteiger partial charge in [0.1, 0.15) is 5.82 Å². The summed E-state index contributed by atoms with van der Waals surface area (Å²) in [7, 11) is 0. The Morgan fingerprint density at radius 1 is 1.37 bits per heavy atom. The Morgan fingerprint density at radius 2 is 2.16 bits per heavy atom. The molecule has 0 fully saturated rings. The highest BCUT2D eigenvalue weighted by molar-refractivity contribution is 5.76. The van der Waals surface area contributed by atoms with E-state index in [1.54, 1.807) is 0 Å². The van der Waals surface area contributed by atoms with Gasteiger partial charge in [-0.25, -0.2) is 0 Å². The van der Waals surface area contributed by atoms with Crippen LogP contribution in [0.5, 0.6) is 0 Å². The summed E-state index contributed by atoms with van der Waals surface area (Å²) < 4.78 is 2.12. The van der Waals surface area contributed by atoms with Crippen LogP contribution in [0.3, 0.4) is 0 Å². The second-order valence-electron chi connectivity index (χ2n) is 5.38. The zero-order valence-corrected chi connectivity index (χ0v) is 11.9. The fraction of sp³-hybridized carbons (Fsp3) is 0.769. The molecule has 0 radical (unpaired) electrons. The molecule has 6 nitrogen and oxygen atoms in total. The molecular weight excluding hydrogens is 242 g/mol. The normalized spacial score (nSPS) is 15.6. The van der Waals surface area contributed by atoms with Crippen LogP contribution in [0.15, 0.2) is 0 Å². The highest BCUT2D eigenvalue weighted by atomic mass is 16.1. The minimum atomic E-state index is -0.0779. The molecule has 1 amide bonds. The standard InChI is InChI=1S/C13H23N5O/c1-9(2)14-7-6-12(19)15-10(3)13-17-16-11-5-4-8-18(11)13/h9-10,14H,4-8H2,1-3H3,(H,15,19). The maximum absolute atomic E-state index is 11.8. The smallest absolute Gasteiger partial charge is 0.221 e. The molecule has 1 aromatic rings. The van der Waals surface area contributed by atoms with E-state index in [1.807, 2.05) is 6.92 Å². The van der Waals surface area contributed by atoms with E-state index in [9.17, 15) is 4.79 Å². The second kappa shape index (κ2) is 6.14. The van der Waals surface area contributed by atoms with Crippen LogP contribution in [-0.2, 0) is 17.8 Å². The van der Waals surface area contributed by atoms with Crippen LogP contribution in [0, 0.1) is 0 Å². The number of nitrogens with zero attached hydrogens (tertiary/aromatic N) is 3. The monoisotopic (exact) mass is 265 g/mol. The van der Waals surface area contributed by atoms with Crippen LogP contribution in [0.2, 0.25) is 0 Å². The first-order valence-corrected chi connectivity index (χ1v) is 7.02. The number of hydrogen-bond donors (Lipinski definition) is 2. The average Bonchev–Trinajstić information content (AvgIpc) is 2.88. The van der Waals surface area contributed by atoms with Crippen molar-refractivity contribution in [3.05, 3.63) is 11.6 Å². The maximum Gasteiger partial charge on any atom is 0.221 e. The molecule has 0 saturated heterocycles. The molecule has 2 rings (SSSR count). The highest BCUT2D eigenvalue weighted by Crippen LogP contribution is 2.18. The summed E-state index contributed by atoms with van der Waals surface area (Å²) >= 11 is 0. The number of fused-ring (bicyclic) bond motifs is 1. The zero-order valence-electron chi connectivity index (χ0n) is 11.9. The molecule has 1 aromatic heterocycles. The van der Waals surface area contributed by atoms with Crippen molar-refractivity contribution >= 4 is 5.91 Å². The van der Waals surface area contributed by atoms with Crippen LogP contribution in [-0.4, -0.2) is 33.3 Å². The van der Waals surface area contributed by atoms with E-state index in [1.165, 1.54) is 0 Å². The summed E-state index contributed by atoms with van der Waals surface area (Å²) in [6.45, 7) is 7.77. The highest BCUT2D eigenvalue weighted by Gasteiger charge is 2.22. The van der Waals surface area contributed by atoms with Gasteiger partial charge in [0.05, 0.1) is 6.04 Å². The summed E-state index contributed by atoms with van der Waals surface area (Å²) in [4.78, 5) is 11.8. The van der Waals surface area contributed by atoms with Crippen molar-refractivity contribution < 1.29 is 4.79 Å². The predicted molar refractivity (Wildman–Crippen MR) is 72.7 cm³/mol. The molecule has 0 bridgehead atoms. The van der Waals surface area contributed by atoms with E-state index in [-0.39, 0.29) is 11.9 Å². The fourth-order valence-corrected chi connectivity index (χ4v) is 2.35. The first kappa shape index (κ1) is 14.0. The lowest BCUT2D eigenvalue weighted by Crippen LogP contribution is -2.32. The molecule has 1 atom stereocenters. The van der Waals surface area contributed by atoms with Gasteiger partial charge in [0.2, 0.25) is 5.91 Å². The van der Waals surface area contributed by atoms with Crippen molar-refractivity contribution in [2.75, 3.05) is 6.54 Å². The third-order valence-corrected chi connectivity index (χ3v) is 3.31. The van der Waals surface area contributed by atoms with Gasteiger partial charge >= 0.3 is 0 Å². The molecule has 19 heavy (non-hydrogen) atoms. The van der Waals surface area contributed by atoms with Gasteiger partial charge in [-0.05, 0) is 13.3 Å². The Morgan fingerprint density at radius 3 is 2.89 bits per heavy atom. The predicted octanol–water partition coefficient (Wildman–Crippen LogP) is 0.790. The molecule has 0 saturated carbocycles. The number of aromatic nitrogens is 3. The molecule has 1 unspecified atom stereocenters. The van der Waals surface area contributed by atoms with Crippen molar-refractivity contribution in [2.24, 2.45) is 0 Å². The van der Waals surface area contributed by atoms with Gasteiger partial charge in [0.15, 0.2) is 5.82 Å². The lowest BCUT2D eigenvalue weighted by Gasteiger charge is -2.14. The van der Waals surface area contributed by atoms with Gasteiger partial charge in [-0.1, -0.05) is 13.8 Å². The lowest BCUT2D eigenvalue weighted by molar-refractivity contribution is -0.121. The average molecular weight is 265 g/mol. The Bertz CT molecular complexity index is 440. The van der Waals surface area contributed by atoms with Crippen LogP contribution >= 0.6 is 0 Å². The van der Waals surface area contributed by atoms with E-state index in [0.29, 0.717) is 19.0 Å². The van der Waals surface area contributed by atoms with E-state index >= 15 is 0 Å². The minimum absolute atomic E-state index is 0.0518. The van der Waals surface area contributed by atoms with Gasteiger partial charge < -0.3 is 15.2 Å². The molecule has 0 spiro atoms. The first-order chi connectivity index (χ1) is 9.08. The maximum atomic E-state index is 11.8. The Hall–Kier alpha value is -1.43. The van der Waals surface area contributed by atoms with Gasteiger partial charge in [0, 0.05) is 32.0 Å². The van der Waals surface area contributed by atoms with E-state index in [0.717, 1.165) is 31.0 Å². The summed E-state index contributed by atoms with van der Waals surface area (Å²) in [6, 6.07) is 0.330. The summed E-state index contributed by atoms with van der Waals surface area (Å²) in [5.41, 5.74) is 0. The molecule has 0 aliphatic carbocycles. The molecule has 6 heteroatoms. The second-order valence-corrected chi connectivity index (χ2v) is 5.38. The van der Waals surface area contributed by atoms with Gasteiger partial charge in [0.25, 0.3) is 0 Å². The third kappa shape index (κ3) is 3.53. The number of carbonyl (C=O) groups excluding carboxylic acids is 1. The van der Waals surface area contributed by atoms with Crippen molar-refractivity contribution in [1.82, 2.24) is 25.4 Å². The summed E-state index contributed by atoms with van der Waals surface area (Å²) in [5, 5.41) is 14.6. The largest absolute Gasteiger partial charge is 0.346 e. The van der Waals surface area contributed by atoms with Crippen LogP contribution < -0.4 is 10.6 Å². The topological polar surface area (TPSA) is 71.8 Å². The van der Waals surface area contributed by atoms with Crippen LogP contribution in [0.1, 0.15) is 51.3 Å². The number of carbonyl (C=O) groups is 1. The molecule has 1 aliphatic heterocycles. The number of rotatable bonds is 6. The molecular formula is C13H23N5O. The Labute approximate surface area is 114 Å². The van der Waals surface area contributed by atoms with Crippen LogP contribution in [0.25, 0.3) is 0 Å². The van der Waals surface area contributed by atoms with E-state index in [4.69, 9.17) is 0 Å². The molecule has 1 aliphatic rings. The minimum Gasteiger partial charge on any atom is -0.346 e. The molecule has 0 aromatic carbocycles. The number of hydrogen-bond acceptors (Lipinski definition) is 4. The third-order valence-electron chi connectivity index (χ3n) is 3.31. The van der Waals surface area contributed by atoms with Crippen molar-refractivity contribution in [2.45, 2.75) is 58.7 Å². The Kier molecular flexibility index (Phi) is 4.52. The zero-order chi connectivity index (χ0) is 13.8. The van der Waals surface area contributed by atoms with E-state index in [2.05, 4.69) is 39.2 Å². The quantitative estimate of drug-likeness (QED) is 0.797. The SMILES string of the molecule is CC(C)NCCC(=O)NC(C)c1nnc2n1CCC2. The summed E-state index contributed by atoms with van der Waals surface area (Å²) in [5.74, 6) is 1.96.